The van der Waals surface area contributed by atoms with Crippen molar-refractivity contribution in [1.82, 2.24) is 4.57 Å². The first-order valence-electron chi connectivity index (χ1n) is 8.16. The Balaban J connectivity index is 1.85. The normalized spacial score (nSPS) is 10.5. The van der Waals surface area contributed by atoms with Crippen LogP contribution >= 0.6 is 0 Å². The molecular weight excluding hydrogens is 312 g/mol. The number of hydrogen-bond donors (Lipinski definition) is 1. The zero-order valence-electron chi connectivity index (χ0n) is 14.3. The number of rotatable bonds is 4. The van der Waals surface area contributed by atoms with E-state index in [9.17, 15) is 9.59 Å². The van der Waals surface area contributed by atoms with Gasteiger partial charge in [0.1, 0.15) is 0 Å². The van der Waals surface area contributed by atoms with Crippen molar-refractivity contribution in [3.05, 3.63) is 99.5 Å². The maximum atomic E-state index is 12.5. The van der Waals surface area contributed by atoms with Crippen molar-refractivity contribution >= 4 is 11.6 Å². The molecule has 0 unspecified atom stereocenters. The lowest BCUT2D eigenvalue weighted by Crippen LogP contribution is -2.22. The Hall–Kier alpha value is -3.14. The topological polar surface area (TPSA) is 51.1 Å². The van der Waals surface area contributed by atoms with Crippen molar-refractivity contribution in [2.24, 2.45) is 0 Å². The van der Waals surface area contributed by atoms with Gasteiger partial charge in [0, 0.05) is 18.0 Å². The number of aryl methyl sites for hydroxylation is 2. The van der Waals surface area contributed by atoms with Gasteiger partial charge in [0.15, 0.2) is 0 Å². The predicted molar refractivity (Wildman–Crippen MR) is 100 cm³/mol. The fraction of sp³-hybridized carbons (Fsp3) is 0.143. The molecule has 0 radical (unpaired) electrons. The lowest BCUT2D eigenvalue weighted by atomic mass is 10.1. The van der Waals surface area contributed by atoms with Crippen molar-refractivity contribution in [2.45, 2.75) is 20.4 Å². The van der Waals surface area contributed by atoms with Crippen LogP contribution in [0.5, 0.6) is 0 Å². The van der Waals surface area contributed by atoms with E-state index in [0.29, 0.717) is 12.1 Å². The Kier molecular flexibility index (Phi) is 4.80. The molecule has 126 valence electrons. The number of nitrogens with one attached hydrogen (secondary N) is 1. The van der Waals surface area contributed by atoms with Crippen LogP contribution in [-0.2, 0) is 6.54 Å². The van der Waals surface area contributed by atoms with E-state index >= 15 is 0 Å². The first-order chi connectivity index (χ1) is 12.0. The quantitative estimate of drug-likeness (QED) is 0.791. The Morgan fingerprint density at radius 2 is 1.80 bits per heavy atom. The van der Waals surface area contributed by atoms with E-state index in [1.165, 1.54) is 6.07 Å². The van der Waals surface area contributed by atoms with Gasteiger partial charge in [-0.1, -0.05) is 36.4 Å². The molecule has 0 saturated heterocycles. The number of carbonyl (C=O) groups excluding carboxylic acids is 1. The van der Waals surface area contributed by atoms with Crippen LogP contribution in [0.1, 0.15) is 27.0 Å². The van der Waals surface area contributed by atoms with E-state index in [-0.39, 0.29) is 11.5 Å². The molecule has 0 fully saturated rings. The smallest absolute Gasteiger partial charge is 0.257 e. The molecule has 0 aliphatic carbocycles. The summed E-state index contributed by atoms with van der Waals surface area (Å²) in [6.45, 7) is 4.42. The molecule has 2 aromatic carbocycles. The number of pyridine rings is 1. The van der Waals surface area contributed by atoms with Gasteiger partial charge in [0.2, 0.25) is 0 Å². The molecule has 0 aliphatic rings. The van der Waals surface area contributed by atoms with Gasteiger partial charge in [-0.05, 0) is 48.7 Å². The summed E-state index contributed by atoms with van der Waals surface area (Å²) in [6, 6.07) is 18.5. The summed E-state index contributed by atoms with van der Waals surface area (Å²) in [4.78, 5) is 24.6. The van der Waals surface area contributed by atoms with Crippen LogP contribution in [0.15, 0.2) is 71.7 Å². The van der Waals surface area contributed by atoms with Gasteiger partial charge in [0.05, 0.1) is 12.1 Å². The summed E-state index contributed by atoms with van der Waals surface area (Å²) in [7, 11) is 0. The minimum atomic E-state index is -0.232. The molecule has 4 heteroatoms. The van der Waals surface area contributed by atoms with Crippen LogP contribution in [0.2, 0.25) is 0 Å². The lowest BCUT2D eigenvalue weighted by Gasteiger charge is -2.11. The van der Waals surface area contributed by atoms with Gasteiger partial charge >= 0.3 is 0 Å². The second-order valence-corrected chi connectivity index (χ2v) is 6.13. The summed E-state index contributed by atoms with van der Waals surface area (Å²) in [5.74, 6) is -0.232. The Bertz CT molecular complexity index is 973. The van der Waals surface area contributed by atoms with Crippen molar-refractivity contribution in [2.75, 3.05) is 5.32 Å². The largest absolute Gasteiger partial charge is 0.322 e. The van der Waals surface area contributed by atoms with E-state index in [2.05, 4.69) is 5.32 Å². The van der Waals surface area contributed by atoms with Crippen LogP contribution in [0, 0.1) is 13.8 Å². The van der Waals surface area contributed by atoms with Crippen molar-refractivity contribution in [1.29, 1.82) is 0 Å². The van der Waals surface area contributed by atoms with Crippen LogP contribution in [0.3, 0.4) is 0 Å². The van der Waals surface area contributed by atoms with Gasteiger partial charge in [0.25, 0.3) is 11.5 Å². The third kappa shape index (κ3) is 4.04. The first-order valence-corrected chi connectivity index (χ1v) is 8.16. The number of amides is 1. The third-order valence-corrected chi connectivity index (χ3v) is 4.12. The summed E-state index contributed by atoms with van der Waals surface area (Å²) >= 11 is 0. The van der Waals surface area contributed by atoms with Crippen LogP contribution in [0.25, 0.3) is 0 Å². The molecule has 0 bridgehead atoms. The summed E-state index contributed by atoms with van der Waals surface area (Å²) in [5, 5.41) is 2.87. The van der Waals surface area contributed by atoms with Gasteiger partial charge in [-0.15, -0.1) is 0 Å². The maximum Gasteiger partial charge on any atom is 0.257 e. The summed E-state index contributed by atoms with van der Waals surface area (Å²) in [6.07, 6.45) is 1.61. The highest BCUT2D eigenvalue weighted by atomic mass is 16.2. The highest BCUT2D eigenvalue weighted by Crippen LogP contribution is 2.12. The molecule has 3 aromatic rings. The predicted octanol–water partition coefficient (Wildman–Crippen LogP) is 3.77. The number of aromatic nitrogens is 1. The standard InChI is InChI=1S/C21H20N2O2/c1-15-6-5-9-19(12-15)22-21(25)18-10-11-20(24)23(14-18)13-17-8-4-3-7-16(17)2/h3-12,14H,13H2,1-2H3,(H,22,25). The Morgan fingerprint density at radius 1 is 1.00 bits per heavy atom. The van der Waals surface area contributed by atoms with Crippen molar-refractivity contribution in [3.63, 3.8) is 0 Å². The Morgan fingerprint density at radius 3 is 2.56 bits per heavy atom. The molecule has 3 rings (SSSR count). The number of nitrogens with zero attached hydrogens (tertiary/aromatic N) is 1. The molecule has 0 aliphatic heterocycles. The fourth-order valence-electron chi connectivity index (χ4n) is 2.69. The summed E-state index contributed by atoms with van der Waals surface area (Å²) in [5.41, 5.74) is 4.30. The summed E-state index contributed by atoms with van der Waals surface area (Å²) < 4.78 is 1.56. The van der Waals surface area contributed by atoms with Crippen molar-refractivity contribution < 1.29 is 4.79 Å². The lowest BCUT2D eigenvalue weighted by molar-refractivity contribution is 0.102. The molecule has 0 spiro atoms. The molecule has 1 heterocycles. The second kappa shape index (κ2) is 7.18. The molecule has 1 aromatic heterocycles. The zero-order valence-corrected chi connectivity index (χ0v) is 14.3. The van der Waals surface area contributed by atoms with Crippen LogP contribution in [0.4, 0.5) is 5.69 Å². The van der Waals surface area contributed by atoms with Gasteiger partial charge in [-0.3, -0.25) is 9.59 Å². The number of benzene rings is 2. The molecule has 1 N–H and O–H groups in total. The SMILES string of the molecule is Cc1cccc(NC(=O)c2ccc(=O)n(Cc3ccccc3C)c2)c1. The average Bonchev–Trinajstić information content (AvgIpc) is 2.58. The van der Waals surface area contributed by atoms with E-state index < -0.39 is 0 Å². The van der Waals surface area contributed by atoms with E-state index in [4.69, 9.17) is 0 Å². The second-order valence-electron chi connectivity index (χ2n) is 6.13. The number of carbonyl (C=O) groups is 1. The molecular formula is C21H20N2O2. The first kappa shape index (κ1) is 16.7. The Labute approximate surface area is 146 Å². The molecule has 25 heavy (non-hydrogen) atoms. The van der Waals surface area contributed by atoms with E-state index in [0.717, 1.165) is 22.4 Å². The molecule has 4 nitrogen and oxygen atoms in total. The maximum absolute atomic E-state index is 12.5. The fourth-order valence-corrected chi connectivity index (χ4v) is 2.69. The van der Waals surface area contributed by atoms with Crippen molar-refractivity contribution in [3.8, 4) is 0 Å². The monoisotopic (exact) mass is 332 g/mol. The number of anilines is 1. The minimum Gasteiger partial charge on any atom is -0.322 e. The highest BCUT2D eigenvalue weighted by molar-refractivity contribution is 6.04. The minimum absolute atomic E-state index is 0.129. The molecule has 0 atom stereocenters. The van der Waals surface area contributed by atoms with E-state index in [1.807, 2.05) is 62.4 Å². The van der Waals surface area contributed by atoms with Crippen LogP contribution < -0.4 is 10.9 Å². The average molecular weight is 332 g/mol. The zero-order chi connectivity index (χ0) is 17.8. The molecule has 1 amide bonds. The number of hydrogen-bond acceptors (Lipinski definition) is 2. The van der Waals surface area contributed by atoms with Gasteiger partial charge in [-0.25, -0.2) is 0 Å². The van der Waals surface area contributed by atoms with E-state index in [1.54, 1.807) is 16.8 Å². The molecule has 0 saturated carbocycles. The third-order valence-electron chi connectivity index (χ3n) is 4.12. The van der Waals surface area contributed by atoms with Gasteiger partial charge < -0.3 is 9.88 Å². The highest BCUT2D eigenvalue weighted by Gasteiger charge is 2.09. The van der Waals surface area contributed by atoms with Gasteiger partial charge in [-0.2, -0.15) is 0 Å². The van der Waals surface area contributed by atoms with Crippen LogP contribution in [-0.4, -0.2) is 10.5 Å².